The van der Waals surface area contributed by atoms with E-state index < -0.39 is 0 Å². The number of amides is 1. The van der Waals surface area contributed by atoms with E-state index in [4.69, 9.17) is 10.5 Å². The van der Waals surface area contributed by atoms with Gasteiger partial charge in [0.1, 0.15) is 5.75 Å². The summed E-state index contributed by atoms with van der Waals surface area (Å²) in [6.07, 6.45) is 2.68. The van der Waals surface area contributed by atoms with Crippen LogP contribution in [0.15, 0.2) is 24.3 Å². The number of rotatable bonds is 10. The zero-order chi connectivity index (χ0) is 17.3. The highest BCUT2D eigenvalue weighted by atomic mass is 16.5. The maximum Gasteiger partial charge on any atom is 0.220 e. The van der Waals surface area contributed by atoms with Crippen molar-refractivity contribution in [1.29, 1.82) is 0 Å². The number of carbonyl (C=O) groups excluding carboxylic acids is 2. The van der Waals surface area contributed by atoms with Crippen molar-refractivity contribution in [2.24, 2.45) is 5.73 Å². The van der Waals surface area contributed by atoms with Crippen molar-refractivity contribution in [3.63, 3.8) is 0 Å². The third-order valence-corrected chi connectivity index (χ3v) is 4.10. The van der Waals surface area contributed by atoms with Crippen molar-refractivity contribution < 1.29 is 14.3 Å². The van der Waals surface area contributed by atoms with Gasteiger partial charge in [-0.25, -0.2) is 0 Å². The molecule has 0 saturated carbocycles. The minimum Gasteiger partial charge on any atom is -0.494 e. The molecule has 128 valence electrons. The Morgan fingerprint density at radius 1 is 1.26 bits per heavy atom. The fourth-order valence-corrected chi connectivity index (χ4v) is 2.09. The maximum atomic E-state index is 11.8. The van der Waals surface area contributed by atoms with Crippen LogP contribution in [0.1, 0.15) is 56.8 Å². The van der Waals surface area contributed by atoms with E-state index in [2.05, 4.69) is 5.32 Å². The summed E-state index contributed by atoms with van der Waals surface area (Å²) in [4.78, 5) is 23.1. The van der Waals surface area contributed by atoms with E-state index in [1.54, 1.807) is 24.3 Å². The predicted octanol–water partition coefficient (Wildman–Crippen LogP) is 2.68. The zero-order valence-electron chi connectivity index (χ0n) is 14.4. The van der Waals surface area contributed by atoms with Gasteiger partial charge in [-0.1, -0.05) is 26.0 Å². The van der Waals surface area contributed by atoms with E-state index in [0.29, 0.717) is 37.3 Å². The van der Waals surface area contributed by atoms with Gasteiger partial charge in [0, 0.05) is 24.1 Å². The van der Waals surface area contributed by atoms with Gasteiger partial charge in [-0.15, -0.1) is 0 Å². The average Bonchev–Trinajstić information content (AvgIpc) is 2.57. The molecule has 0 bridgehead atoms. The molecule has 1 rings (SSSR count). The molecule has 23 heavy (non-hydrogen) atoms. The van der Waals surface area contributed by atoms with E-state index >= 15 is 0 Å². The molecule has 0 aromatic heterocycles. The van der Waals surface area contributed by atoms with E-state index in [1.165, 1.54) is 6.92 Å². The lowest BCUT2D eigenvalue weighted by molar-refractivity contribution is -0.121. The van der Waals surface area contributed by atoms with Gasteiger partial charge in [0.15, 0.2) is 5.78 Å². The Labute approximate surface area is 138 Å². The molecule has 0 aliphatic carbocycles. The topological polar surface area (TPSA) is 81.4 Å². The van der Waals surface area contributed by atoms with Gasteiger partial charge in [-0.05, 0) is 38.3 Å². The van der Waals surface area contributed by atoms with Crippen LogP contribution in [0.5, 0.6) is 5.75 Å². The molecule has 0 atom stereocenters. The van der Waals surface area contributed by atoms with Crippen LogP contribution in [-0.4, -0.2) is 30.4 Å². The van der Waals surface area contributed by atoms with Gasteiger partial charge in [-0.3, -0.25) is 9.59 Å². The van der Waals surface area contributed by atoms with Crippen LogP contribution in [-0.2, 0) is 4.79 Å². The number of nitrogens with two attached hydrogens (primary N) is 1. The monoisotopic (exact) mass is 320 g/mol. The quantitative estimate of drug-likeness (QED) is 0.513. The smallest absolute Gasteiger partial charge is 0.220 e. The van der Waals surface area contributed by atoms with Gasteiger partial charge in [0.05, 0.1) is 6.61 Å². The van der Waals surface area contributed by atoms with Gasteiger partial charge >= 0.3 is 0 Å². The Bertz CT molecular complexity index is 525. The molecule has 5 heteroatoms. The molecular formula is C18H28N2O3. The van der Waals surface area contributed by atoms with Crippen molar-refractivity contribution in [2.45, 2.75) is 52.0 Å². The van der Waals surface area contributed by atoms with Gasteiger partial charge < -0.3 is 15.8 Å². The Hall–Kier alpha value is -1.88. The Balaban J connectivity index is 2.28. The molecular weight excluding hydrogens is 292 g/mol. The van der Waals surface area contributed by atoms with Crippen LogP contribution in [0.2, 0.25) is 0 Å². The molecule has 0 radical (unpaired) electrons. The SMILES string of the molecule is CCC(N)(CC)CNC(=O)CCCOc1cccc(C(C)=O)c1. The van der Waals surface area contributed by atoms with Crippen molar-refractivity contribution in [3.05, 3.63) is 29.8 Å². The molecule has 1 aromatic rings. The molecule has 0 spiro atoms. The minimum absolute atomic E-state index is 0.00643. The number of ether oxygens (including phenoxy) is 1. The molecule has 0 unspecified atom stereocenters. The van der Waals surface area contributed by atoms with Crippen LogP contribution >= 0.6 is 0 Å². The van der Waals surface area contributed by atoms with Crippen LogP contribution in [0.4, 0.5) is 0 Å². The Morgan fingerprint density at radius 2 is 1.96 bits per heavy atom. The summed E-state index contributed by atoms with van der Waals surface area (Å²) in [6, 6.07) is 7.06. The summed E-state index contributed by atoms with van der Waals surface area (Å²) >= 11 is 0. The van der Waals surface area contributed by atoms with E-state index in [9.17, 15) is 9.59 Å². The molecule has 0 saturated heterocycles. The highest BCUT2D eigenvalue weighted by Crippen LogP contribution is 2.14. The lowest BCUT2D eigenvalue weighted by atomic mass is 9.94. The van der Waals surface area contributed by atoms with Gasteiger partial charge in [0.25, 0.3) is 0 Å². The summed E-state index contributed by atoms with van der Waals surface area (Å²) in [5.74, 6) is 0.644. The fourth-order valence-electron chi connectivity index (χ4n) is 2.09. The third-order valence-electron chi connectivity index (χ3n) is 4.10. The fraction of sp³-hybridized carbons (Fsp3) is 0.556. The van der Waals surface area contributed by atoms with E-state index in [-0.39, 0.29) is 17.2 Å². The number of hydrogen-bond acceptors (Lipinski definition) is 4. The number of Topliss-reactive ketones (excluding diaryl/α,β-unsaturated/α-hetero) is 1. The first kappa shape index (κ1) is 19.2. The molecule has 0 aliphatic rings. The zero-order valence-corrected chi connectivity index (χ0v) is 14.4. The van der Waals surface area contributed by atoms with Crippen LogP contribution in [0.25, 0.3) is 0 Å². The summed E-state index contributed by atoms with van der Waals surface area (Å²) in [6.45, 7) is 6.51. The lowest BCUT2D eigenvalue weighted by Gasteiger charge is -2.26. The van der Waals surface area contributed by atoms with Crippen molar-refractivity contribution in [2.75, 3.05) is 13.2 Å². The first-order valence-electron chi connectivity index (χ1n) is 8.19. The number of ketones is 1. The van der Waals surface area contributed by atoms with Crippen molar-refractivity contribution in [3.8, 4) is 5.75 Å². The summed E-state index contributed by atoms with van der Waals surface area (Å²) in [7, 11) is 0. The molecule has 0 fully saturated rings. The third kappa shape index (κ3) is 6.82. The molecule has 5 nitrogen and oxygen atoms in total. The minimum atomic E-state index is -0.320. The lowest BCUT2D eigenvalue weighted by Crippen LogP contribution is -2.49. The van der Waals surface area contributed by atoms with E-state index in [0.717, 1.165) is 12.8 Å². The average molecular weight is 320 g/mol. The van der Waals surface area contributed by atoms with E-state index in [1.807, 2.05) is 13.8 Å². The first-order valence-corrected chi connectivity index (χ1v) is 8.19. The number of hydrogen-bond donors (Lipinski definition) is 2. The number of carbonyl (C=O) groups is 2. The van der Waals surface area contributed by atoms with Crippen LogP contribution in [0, 0.1) is 0 Å². The van der Waals surface area contributed by atoms with Crippen molar-refractivity contribution in [1.82, 2.24) is 5.32 Å². The number of benzene rings is 1. The summed E-state index contributed by atoms with van der Waals surface area (Å²) in [5.41, 5.74) is 6.45. The Morgan fingerprint density at radius 3 is 2.57 bits per heavy atom. The highest BCUT2D eigenvalue weighted by molar-refractivity contribution is 5.94. The molecule has 3 N–H and O–H groups in total. The summed E-state index contributed by atoms with van der Waals surface area (Å²) in [5, 5.41) is 2.88. The highest BCUT2D eigenvalue weighted by Gasteiger charge is 2.20. The normalized spacial score (nSPS) is 11.1. The second-order valence-electron chi connectivity index (χ2n) is 5.88. The molecule has 1 aromatic carbocycles. The van der Waals surface area contributed by atoms with Crippen LogP contribution < -0.4 is 15.8 Å². The van der Waals surface area contributed by atoms with Crippen LogP contribution in [0.3, 0.4) is 0 Å². The van der Waals surface area contributed by atoms with Crippen molar-refractivity contribution >= 4 is 11.7 Å². The largest absolute Gasteiger partial charge is 0.494 e. The Kier molecular flexibility index (Phi) is 7.75. The molecule has 0 aliphatic heterocycles. The second-order valence-corrected chi connectivity index (χ2v) is 5.88. The molecule has 1 amide bonds. The predicted molar refractivity (Wildman–Crippen MR) is 91.7 cm³/mol. The van der Waals surface area contributed by atoms with Gasteiger partial charge in [-0.2, -0.15) is 0 Å². The first-order chi connectivity index (χ1) is 10.9. The van der Waals surface area contributed by atoms with Gasteiger partial charge in [0.2, 0.25) is 5.91 Å². The maximum absolute atomic E-state index is 11.8. The summed E-state index contributed by atoms with van der Waals surface area (Å²) < 4.78 is 5.58. The number of nitrogens with one attached hydrogen (secondary N) is 1. The standard InChI is InChI=1S/C18H28N2O3/c1-4-18(19,5-2)13-20-17(22)10-7-11-23-16-9-6-8-15(12-16)14(3)21/h6,8-9,12H,4-5,7,10-11,13,19H2,1-3H3,(H,20,22). The second kappa shape index (κ2) is 9.30. The molecule has 0 heterocycles.